The lowest BCUT2D eigenvalue weighted by Crippen LogP contribution is -1.98. The third-order valence-electron chi connectivity index (χ3n) is 1.74. The molecular formula is C13H16O4. The second kappa shape index (κ2) is 9.15. The quantitative estimate of drug-likeness (QED) is 0.495. The molecule has 0 aliphatic rings. The highest BCUT2D eigenvalue weighted by molar-refractivity contribution is 5.95. The van der Waals surface area contributed by atoms with Gasteiger partial charge in [0.25, 0.3) is 0 Å². The van der Waals surface area contributed by atoms with Crippen LogP contribution in [0.25, 0.3) is 0 Å². The SMILES string of the molecule is C=CCOC(=O)O.CCC(=O)c1ccccc1. The van der Waals surface area contributed by atoms with Crippen LogP contribution >= 0.6 is 0 Å². The molecule has 0 saturated carbocycles. The van der Waals surface area contributed by atoms with Crippen LogP contribution in [0.4, 0.5) is 4.79 Å². The monoisotopic (exact) mass is 236 g/mol. The molecular weight excluding hydrogens is 220 g/mol. The van der Waals surface area contributed by atoms with Gasteiger partial charge in [0.05, 0.1) is 0 Å². The third kappa shape index (κ3) is 7.79. The van der Waals surface area contributed by atoms with E-state index in [-0.39, 0.29) is 12.4 Å². The Bertz CT molecular complexity index is 357. The minimum absolute atomic E-state index is 0.0648. The van der Waals surface area contributed by atoms with Gasteiger partial charge in [-0.1, -0.05) is 49.9 Å². The highest BCUT2D eigenvalue weighted by Crippen LogP contribution is 2.01. The first-order chi connectivity index (χ1) is 8.11. The van der Waals surface area contributed by atoms with Crippen molar-refractivity contribution in [1.82, 2.24) is 0 Å². The Hall–Kier alpha value is -2.10. The normalized spacial score (nSPS) is 8.53. The second-order valence-electron chi connectivity index (χ2n) is 3.01. The van der Waals surface area contributed by atoms with Crippen LogP contribution in [0.15, 0.2) is 43.0 Å². The number of carbonyl (C=O) groups is 2. The molecule has 0 aliphatic carbocycles. The van der Waals surface area contributed by atoms with Gasteiger partial charge >= 0.3 is 6.16 Å². The number of rotatable bonds is 4. The van der Waals surface area contributed by atoms with Gasteiger partial charge in [0.15, 0.2) is 5.78 Å². The van der Waals surface area contributed by atoms with Gasteiger partial charge in [-0.25, -0.2) is 4.79 Å². The van der Waals surface area contributed by atoms with Crippen molar-refractivity contribution in [3.05, 3.63) is 48.6 Å². The zero-order chi connectivity index (χ0) is 13.1. The van der Waals surface area contributed by atoms with Gasteiger partial charge in [0.1, 0.15) is 6.61 Å². The molecule has 1 aromatic carbocycles. The molecule has 0 spiro atoms. The lowest BCUT2D eigenvalue weighted by atomic mass is 10.1. The summed E-state index contributed by atoms with van der Waals surface area (Å²) in [5.41, 5.74) is 0.810. The molecule has 0 amide bonds. The van der Waals surface area contributed by atoms with E-state index >= 15 is 0 Å². The molecule has 0 saturated heterocycles. The Morgan fingerprint density at radius 1 is 1.35 bits per heavy atom. The summed E-state index contributed by atoms with van der Waals surface area (Å²) in [6.45, 7) is 5.18. The van der Waals surface area contributed by atoms with Crippen molar-refractivity contribution in [1.29, 1.82) is 0 Å². The van der Waals surface area contributed by atoms with Gasteiger partial charge in [-0.05, 0) is 0 Å². The van der Waals surface area contributed by atoms with Gasteiger partial charge in [-0.2, -0.15) is 0 Å². The smallest absolute Gasteiger partial charge is 0.450 e. The van der Waals surface area contributed by atoms with Crippen LogP contribution in [-0.4, -0.2) is 23.7 Å². The predicted molar refractivity (Wildman–Crippen MR) is 65.2 cm³/mol. The van der Waals surface area contributed by atoms with Crippen molar-refractivity contribution in [2.75, 3.05) is 6.61 Å². The molecule has 0 aliphatic heterocycles. The van der Waals surface area contributed by atoms with Crippen molar-refractivity contribution in [2.45, 2.75) is 13.3 Å². The van der Waals surface area contributed by atoms with Gasteiger partial charge in [-0.3, -0.25) is 4.79 Å². The zero-order valence-electron chi connectivity index (χ0n) is 9.76. The van der Waals surface area contributed by atoms with Crippen LogP contribution in [-0.2, 0) is 4.74 Å². The van der Waals surface area contributed by atoms with Crippen LogP contribution in [0.3, 0.4) is 0 Å². The summed E-state index contributed by atoms with van der Waals surface area (Å²) in [7, 11) is 0. The molecule has 0 heterocycles. The van der Waals surface area contributed by atoms with Crippen molar-refractivity contribution in [3.8, 4) is 0 Å². The van der Waals surface area contributed by atoms with Crippen molar-refractivity contribution >= 4 is 11.9 Å². The summed E-state index contributed by atoms with van der Waals surface area (Å²) in [6.07, 6.45) is 0.693. The fourth-order valence-electron chi connectivity index (χ4n) is 0.958. The molecule has 92 valence electrons. The molecule has 0 fully saturated rings. The summed E-state index contributed by atoms with van der Waals surface area (Å²) in [6, 6.07) is 9.34. The summed E-state index contributed by atoms with van der Waals surface area (Å²) >= 11 is 0. The predicted octanol–water partition coefficient (Wildman–Crippen LogP) is 3.15. The molecule has 4 heteroatoms. The second-order valence-corrected chi connectivity index (χ2v) is 3.01. The van der Waals surface area contributed by atoms with E-state index in [1.165, 1.54) is 6.08 Å². The van der Waals surface area contributed by atoms with Gasteiger partial charge in [0, 0.05) is 12.0 Å². The molecule has 1 N–H and O–H groups in total. The first-order valence-electron chi connectivity index (χ1n) is 5.16. The van der Waals surface area contributed by atoms with Crippen molar-refractivity contribution in [3.63, 3.8) is 0 Å². The molecule has 0 atom stereocenters. The fraction of sp³-hybridized carbons (Fsp3) is 0.231. The van der Waals surface area contributed by atoms with E-state index in [0.717, 1.165) is 5.56 Å². The molecule has 1 rings (SSSR count). The number of carbonyl (C=O) groups excluding carboxylic acids is 1. The van der Waals surface area contributed by atoms with E-state index in [1.807, 2.05) is 37.3 Å². The Kier molecular flexibility index (Phi) is 8.02. The Morgan fingerprint density at radius 3 is 2.29 bits per heavy atom. The van der Waals surface area contributed by atoms with E-state index in [9.17, 15) is 9.59 Å². The summed E-state index contributed by atoms with van der Waals surface area (Å²) < 4.78 is 3.99. The summed E-state index contributed by atoms with van der Waals surface area (Å²) in [5.74, 6) is 0.209. The maximum absolute atomic E-state index is 11.0. The molecule has 0 aromatic heterocycles. The summed E-state index contributed by atoms with van der Waals surface area (Å²) in [5, 5.41) is 7.77. The number of Topliss-reactive ketones (excluding diaryl/α,β-unsaturated/α-hetero) is 1. The van der Waals surface area contributed by atoms with E-state index < -0.39 is 6.16 Å². The first kappa shape index (κ1) is 14.9. The summed E-state index contributed by atoms with van der Waals surface area (Å²) in [4.78, 5) is 20.5. The van der Waals surface area contributed by atoms with Crippen LogP contribution in [0.2, 0.25) is 0 Å². The topological polar surface area (TPSA) is 63.6 Å². The van der Waals surface area contributed by atoms with E-state index in [0.29, 0.717) is 6.42 Å². The number of carboxylic acid groups (broad SMARTS) is 1. The number of benzene rings is 1. The molecule has 17 heavy (non-hydrogen) atoms. The molecule has 0 radical (unpaired) electrons. The Labute approximate surface area is 101 Å². The van der Waals surface area contributed by atoms with Crippen LogP contribution in [0.1, 0.15) is 23.7 Å². The lowest BCUT2D eigenvalue weighted by molar-refractivity contribution is 0.0985. The van der Waals surface area contributed by atoms with E-state index in [4.69, 9.17) is 5.11 Å². The molecule has 4 nitrogen and oxygen atoms in total. The van der Waals surface area contributed by atoms with Crippen LogP contribution in [0.5, 0.6) is 0 Å². The highest BCUT2D eigenvalue weighted by atomic mass is 16.7. The Morgan fingerprint density at radius 2 is 1.94 bits per heavy atom. The fourth-order valence-corrected chi connectivity index (χ4v) is 0.958. The van der Waals surface area contributed by atoms with Crippen LogP contribution in [0, 0.1) is 0 Å². The van der Waals surface area contributed by atoms with Crippen LogP contribution < -0.4 is 0 Å². The van der Waals surface area contributed by atoms with Gasteiger partial charge in [0.2, 0.25) is 0 Å². The molecule has 0 bridgehead atoms. The minimum atomic E-state index is -1.26. The average molecular weight is 236 g/mol. The largest absolute Gasteiger partial charge is 0.506 e. The highest BCUT2D eigenvalue weighted by Gasteiger charge is 1.98. The molecule has 0 unspecified atom stereocenters. The van der Waals surface area contributed by atoms with E-state index in [1.54, 1.807) is 0 Å². The third-order valence-corrected chi connectivity index (χ3v) is 1.74. The number of ketones is 1. The first-order valence-corrected chi connectivity index (χ1v) is 5.16. The van der Waals surface area contributed by atoms with Crippen molar-refractivity contribution < 1.29 is 19.4 Å². The number of hydrogen-bond acceptors (Lipinski definition) is 3. The van der Waals surface area contributed by atoms with E-state index in [2.05, 4.69) is 11.3 Å². The van der Waals surface area contributed by atoms with Crippen molar-refractivity contribution in [2.24, 2.45) is 0 Å². The minimum Gasteiger partial charge on any atom is -0.450 e. The lowest BCUT2D eigenvalue weighted by Gasteiger charge is -1.93. The zero-order valence-corrected chi connectivity index (χ0v) is 9.76. The molecule has 1 aromatic rings. The van der Waals surface area contributed by atoms with Gasteiger partial charge < -0.3 is 9.84 Å². The maximum Gasteiger partial charge on any atom is 0.506 e. The average Bonchev–Trinajstić information content (AvgIpc) is 2.37. The number of hydrogen-bond donors (Lipinski definition) is 1. The van der Waals surface area contributed by atoms with Gasteiger partial charge in [-0.15, -0.1) is 0 Å². The Balaban J connectivity index is 0.000000325. The number of ether oxygens (including phenoxy) is 1. The standard InChI is InChI=1S/C9H10O.C4H6O3/c1-2-9(10)8-6-4-3-5-7-8;1-2-3-7-4(5)6/h3-7H,2H2,1H3;2H,1,3H2,(H,5,6). The maximum atomic E-state index is 11.0.